The molecule has 1 amide bonds. The number of aryl methyl sites for hydroxylation is 1. The molecule has 0 aromatic heterocycles. The summed E-state index contributed by atoms with van der Waals surface area (Å²) in [5, 5.41) is 2.61. The van der Waals surface area contributed by atoms with Crippen molar-refractivity contribution in [3.05, 3.63) is 35.4 Å². The number of hydrogen-bond acceptors (Lipinski definition) is 2. The van der Waals surface area contributed by atoms with Gasteiger partial charge in [0.25, 0.3) is 5.91 Å². The van der Waals surface area contributed by atoms with Crippen molar-refractivity contribution >= 4 is 11.7 Å². The fourth-order valence-corrected chi connectivity index (χ4v) is 3.34. The van der Waals surface area contributed by atoms with Crippen LogP contribution in [0, 0.1) is 0 Å². The molecule has 1 aromatic rings. The number of rotatable bonds is 15. The zero-order valence-electron chi connectivity index (χ0n) is 18.6. The lowest BCUT2D eigenvalue weighted by Gasteiger charge is -2.23. The number of quaternary nitrogens is 1. The highest BCUT2D eigenvalue weighted by atomic mass is 16.1. The number of nitrogens with zero attached hydrogens (tertiary/aromatic N) is 1. The van der Waals surface area contributed by atoms with Crippen LogP contribution in [0.4, 0.5) is 0 Å². The normalized spacial score (nSPS) is 11.4. The van der Waals surface area contributed by atoms with Gasteiger partial charge in [0, 0.05) is 25.5 Å². The molecule has 1 rings (SSSR count). The quantitative estimate of drug-likeness (QED) is 0.347. The van der Waals surface area contributed by atoms with E-state index in [0.29, 0.717) is 24.2 Å². The van der Waals surface area contributed by atoms with E-state index in [2.05, 4.69) is 26.5 Å². The van der Waals surface area contributed by atoms with Crippen LogP contribution in [0.1, 0.15) is 80.1 Å². The first-order chi connectivity index (χ1) is 13.3. The predicted octanol–water partition coefficient (Wildman–Crippen LogP) is 4.77. The molecule has 1 aromatic carbocycles. The van der Waals surface area contributed by atoms with Crippen LogP contribution in [0.2, 0.25) is 0 Å². The van der Waals surface area contributed by atoms with Crippen molar-refractivity contribution in [2.75, 3.05) is 34.7 Å². The Kier molecular flexibility index (Phi) is 11.7. The molecule has 0 aliphatic heterocycles. The third-order valence-electron chi connectivity index (χ3n) is 5.17. The minimum absolute atomic E-state index is 0.0771. The summed E-state index contributed by atoms with van der Waals surface area (Å²) in [5.41, 5.74) is 1.78. The smallest absolute Gasteiger partial charge is 0.251 e. The largest absolute Gasteiger partial charge is 0.355 e. The summed E-state index contributed by atoms with van der Waals surface area (Å²) >= 11 is 0. The summed E-state index contributed by atoms with van der Waals surface area (Å²) in [7, 11) is 8.39. The lowest BCUT2D eigenvalue weighted by Crippen LogP contribution is -2.35. The molecule has 0 aliphatic rings. The molecule has 0 aliphatic carbocycles. The Balaban J connectivity index is 2.00. The summed E-state index contributed by atoms with van der Waals surface area (Å²) in [6, 6.07) is 7.53. The van der Waals surface area contributed by atoms with E-state index in [1.807, 2.05) is 24.3 Å². The maximum absolute atomic E-state index is 12.1. The topological polar surface area (TPSA) is 46.2 Å². The molecule has 28 heavy (non-hydrogen) atoms. The van der Waals surface area contributed by atoms with Crippen LogP contribution in [-0.2, 0) is 11.2 Å². The van der Waals surface area contributed by atoms with E-state index in [-0.39, 0.29) is 5.91 Å². The van der Waals surface area contributed by atoms with Crippen molar-refractivity contribution in [1.29, 1.82) is 0 Å². The molecule has 4 heteroatoms. The first kappa shape index (κ1) is 24.4. The van der Waals surface area contributed by atoms with Crippen LogP contribution >= 0.6 is 0 Å². The second-order valence-corrected chi connectivity index (χ2v) is 8.91. The van der Waals surface area contributed by atoms with Crippen LogP contribution in [0.3, 0.4) is 0 Å². The highest BCUT2D eigenvalue weighted by molar-refractivity contribution is 5.93. The number of nitrogens with one attached hydrogen (secondary N) is 1. The third kappa shape index (κ3) is 11.9. The van der Waals surface area contributed by atoms with E-state index in [0.717, 1.165) is 22.9 Å². The van der Waals surface area contributed by atoms with Crippen molar-refractivity contribution in [2.45, 2.75) is 70.6 Å². The van der Waals surface area contributed by atoms with Crippen LogP contribution in [-0.4, -0.2) is 50.9 Å². The number of benzene rings is 1. The van der Waals surface area contributed by atoms with E-state index in [1.165, 1.54) is 51.5 Å². The average molecular weight is 390 g/mol. The molecule has 0 saturated heterocycles. The van der Waals surface area contributed by atoms with Crippen LogP contribution in [0.5, 0.6) is 0 Å². The van der Waals surface area contributed by atoms with Crippen molar-refractivity contribution in [3.63, 3.8) is 0 Å². The molecular formula is C24H41N2O2+. The molecule has 0 heterocycles. The molecule has 0 fully saturated rings. The molecule has 0 spiro atoms. The number of carbonyl (C=O) groups is 2. The first-order valence-corrected chi connectivity index (χ1v) is 10.9. The third-order valence-corrected chi connectivity index (χ3v) is 5.17. The minimum Gasteiger partial charge on any atom is -0.355 e. The zero-order valence-corrected chi connectivity index (χ0v) is 18.6. The first-order valence-electron chi connectivity index (χ1n) is 10.9. The van der Waals surface area contributed by atoms with Gasteiger partial charge in [-0.2, -0.15) is 0 Å². The van der Waals surface area contributed by atoms with Gasteiger partial charge >= 0.3 is 0 Å². The van der Waals surface area contributed by atoms with E-state index < -0.39 is 0 Å². The Bertz CT molecular complexity index is 573. The number of carbonyl (C=O) groups excluding carboxylic acids is 2. The van der Waals surface area contributed by atoms with Crippen molar-refractivity contribution in [2.24, 2.45) is 0 Å². The van der Waals surface area contributed by atoms with Crippen LogP contribution in [0.15, 0.2) is 24.3 Å². The monoisotopic (exact) mass is 389 g/mol. The van der Waals surface area contributed by atoms with Gasteiger partial charge in [0.2, 0.25) is 0 Å². The SMILES string of the molecule is CNC(=O)c1ccc(CCC(=O)CCCCCCCCCC[N+](C)(C)C)cc1. The summed E-state index contributed by atoms with van der Waals surface area (Å²) in [6.45, 7) is 1.26. The average Bonchev–Trinajstić information content (AvgIpc) is 2.66. The Labute approximate surface area is 172 Å². The van der Waals surface area contributed by atoms with Gasteiger partial charge in [-0.05, 0) is 43.4 Å². The van der Waals surface area contributed by atoms with Crippen molar-refractivity contribution < 1.29 is 14.1 Å². The number of amides is 1. The lowest BCUT2D eigenvalue weighted by molar-refractivity contribution is -0.870. The minimum atomic E-state index is -0.0771. The summed E-state index contributed by atoms with van der Waals surface area (Å²) < 4.78 is 1.06. The van der Waals surface area contributed by atoms with Crippen LogP contribution < -0.4 is 5.32 Å². The highest BCUT2D eigenvalue weighted by Crippen LogP contribution is 2.12. The van der Waals surface area contributed by atoms with E-state index >= 15 is 0 Å². The molecule has 0 saturated carbocycles. The molecule has 4 nitrogen and oxygen atoms in total. The molecule has 0 bridgehead atoms. The maximum atomic E-state index is 12.1. The Morgan fingerprint density at radius 2 is 1.32 bits per heavy atom. The molecule has 0 radical (unpaired) electrons. The highest BCUT2D eigenvalue weighted by Gasteiger charge is 2.06. The predicted molar refractivity (Wildman–Crippen MR) is 118 cm³/mol. The number of unbranched alkanes of at least 4 members (excludes halogenated alkanes) is 7. The maximum Gasteiger partial charge on any atom is 0.251 e. The Hall–Kier alpha value is -1.68. The van der Waals surface area contributed by atoms with E-state index in [1.54, 1.807) is 7.05 Å². The van der Waals surface area contributed by atoms with Gasteiger partial charge in [0.15, 0.2) is 0 Å². The number of hydrogen-bond donors (Lipinski definition) is 1. The standard InChI is InChI=1S/C24H40N2O2/c1-25-24(28)22-17-14-21(15-18-22)16-19-23(27)13-11-9-7-5-6-8-10-12-20-26(2,3)4/h14-15,17-18H,5-13,16,19-20H2,1-4H3/p+1. The number of ketones is 1. The lowest BCUT2D eigenvalue weighted by atomic mass is 10.0. The molecule has 0 unspecified atom stereocenters. The van der Waals surface area contributed by atoms with Crippen LogP contribution in [0.25, 0.3) is 0 Å². The van der Waals surface area contributed by atoms with Gasteiger partial charge in [-0.3, -0.25) is 9.59 Å². The molecule has 1 N–H and O–H groups in total. The molecule has 158 valence electrons. The van der Waals surface area contributed by atoms with Gasteiger partial charge in [-0.1, -0.05) is 44.2 Å². The van der Waals surface area contributed by atoms with Gasteiger partial charge in [0.1, 0.15) is 5.78 Å². The number of Topliss-reactive ketones (excluding diaryl/α,β-unsaturated/α-hetero) is 1. The van der Waals surface area contributed by atoms with E-state index in [9.17, 15) is 9.59 Å². The van der Waals surface area contributed by atoms with Gasteiger partial charge in [0.05, 0.1) is 27.7 Å². The zero-order chi connectivity index (χ0) is 20.8. The Morgan fingerprint density at radius 1 is 0.786 bits per heavy atom. The fraction of sp³-hybridized carbons (Fsp3) is 0.667. The summed E-state index contributed by atoms with van der Waals surface area (Å²) in [5.74, 6) is 0.280. The fourth-order valence-electron chi connectivity index (χ4n) is 3.34. The summed E-state index contributed by atoms with van der Waals surface area (Å²) in [6.07, 6.45) is 12.2. The van der Waals surface area contributed by atoms with Crippen molar-refractivity contribution in [3.8, 4) is 0 Å². The molecular weight excluding hydrogens is 348 g/mol. The Morgan fingerprint density at radius 3 is 1.86 bits per heavy atom. The van der Waals surface area contributed by atoms with Gasteiger partial charge in [-0.25, -0.2) is 0 Å². The van der Waals surface area contributed by atoms with Gasteiger partial charge in [-0.15, -0.1) is 0 Å². The van der Waals surface area contributed by atoms with E-state index in [4.69, 9.17) is 0 Å². The van der Waals surface area contributed by atoms with Crippen molar-refractivity contribution in [1.82, 2.24) is 5.32 Å². The summed E-state index contributed by atoms with van der Waals surface area (Å²) in [4.78, 5) is 23.6. The molecule has 0 atom stereocenters. The second-order valence-electron chi connectivity index (χ2n) is 8.91. The second kappa shape index (κ2) is 13.5. The van der Waals surface area contributed by atoms with Gasteiger partial charge < -0.3 is 9.80 Å².